The van der Waals surface area contributed by atoms with Gasteiger partial charge in [-0.15, -0.1) is 0 Å². The Hall–Kier alpha value is -1.64. The SMILES string of the molecule is C(Oc1ccccc1)=C1NCCN1. The third-order valence-electron chi connectivity index (χ3n) is 1.81. The maximum atomic E-state index is 5.40. The summed E-state index contributed by atoms with van der Waals surface area (Å²) in [5.74, 6) is 1.80. The minimum atomic E-state index is 0.852. The number of nitrogens with one attached hydrogen (secondary N) is 2. The van der Waals surface area contributed by atoms with Crippen molar-refractivity contribution >= 4 is 0 Å². The van der Waals surface area contributed by atoms with Crippen molar-refractivity contribution in [1.29, 1.82) is 0 Å². The fourth-order valence-corrected chi connectivity index (χ4v) is 1.17. The minimum Gasteiger partial charge on any atom is -0.461 e. The third-order valence-corrected chi connectivity index (χ3v) is 1.81. The molecule has 3 nitrogen and oxygen atoms in total. The number of para-hydroxylation sites is 1. The molecular weight excluding hydrogens is 164 g/mol. The molecule has 1 saturated heterocycles. The monoisotopic (exact) mass is 176 g/mol. The van der Waals surface area contributed by atoms with Gasteiger partial charge in [0.15, 0.2) is 0 Å². The highest BCUT2D eigenvalue weighted by atomic mass is 16.5. The molecule has 1 aromatic carbocycles. The van der Waals surface area contributed by atoms with Gasteiger partial charge in [-0.05, 0) is 12.1 Å². The molecular formula is C10H12N2O. The van der Waals surface area contributed by atoms with Crippen molar-refractivity contribution in [3.63, 3.8) is 0 Å². The second kappa shape index (κ2) is 3.85. The van der Waals surface area contributed by atoms with Crippen LogP contribution in [0.25, 0.3) is 0 Å². The van der Waals surface area contributed by atoms with E-state index < -0.39 is 0 Å². The summed E-state index contributed by atoms with van der Waals surface area (Å²) < 4.78 is 5.40. The molecule has 0 spiro atoms. The van der Waals surface area contributed by atoms with Gasteiger partial charge in [-0.1, -0.05) is 18.2 Å². The molecule has 0 radical (unpaired) electrons. The number of ether oxygens (including phenoxy) is 1. The maximum absolute atomic E-state index is 5.40. The zero-order valence-corrected chi connectivity index (χ0v) is 7.29. The Morgan fingerprint density at radius 1 is 1.08 bits per heavy atom. The fourth-order valence-electron chi connectivity index (χ4n) is 1.17. The van der Waals surface area contributed by atoms with Crippen LogP contribution in [0.2, 0.25) is 0 Å². The summed E-state index contributed by atoms with van der Waals surface area (Å²) >= 11 is 0. The summed E-state index contributed by atoms with van der Waals surface area (Å²) in [6, 6.07) is 9.71. The molecule has 0 bridgehead atoms. The predicted octanol–water partition coefficient (Wildman–Crippen LogP) is 1.06. The van der Waals surface area contributed by atoms with Crippen LogP contribution >= 0.6 is 0 Å². The lowest BCUT2D eigenvalue weighted by molar-refractivity contribution is 0.469. The van der Waals surface area contributed by atoms with Crippen LogP contribution in [0.5, 0.6) is 5.75 Å². The van der Waals surface area contributed by atoms with E-state index in [4.69, 9.17) is 4.74 Å². The van der Waals surface area contributed by atoms with E-state index in [9.17, 15) is 0 Å². The van der Waals surface area contributed by atoms with Crippen LogP contribution in [0.15, 0.2) is 42.4 Å². The second-order valence-corrected chi connectivity index (χ2v) is 2.82. The first-order chi connectivity index (χ1) is 6.45. The molecule has 0 amide bonds. The molecule has 68 valence electrons. The van der Waals surface area contributed by atoms with Crippen LogP contribution in [0.3, 0.4) is 0 Å². The van der Waals surface area contributed by atoms with Crippen molar-refractivity contribution in [3.05, 3.63) is 42.4 Å². The molecule has 1 aliphatic heterocycles. The van der Waals surface area contributed by atoms with Crippen molar-refractivity contribution in [3.8, 4) is 5.75 Å². The highest BCUT2D eigenvalue weighted by Gasteiger charge is 2.02. The van der Waals surface area contributed by atoms with Gasteiger partial charge < -0.3 is 15.4 Å². The highest BCUT2D eigenvalue weighted by Crippen LogP contribution is 2.08. The van der Waals surface area contributed by atoms with Crippen LogP contribution < -0.4 is 15.4 Å². The fraction of sp³-hybridized carbons (Fsp3) is 0.200. The molecule has 0 unspecified atom stereocenters. The van der Waals surface area contributed by atoms with E-state index in [0.29, 0.717) is 0 Å². The van der Waals surface area contributed by atoms with Gasteiger partial charge in [-0.3, -0.25) is 0 Å². The Balaban J connectivity index is 1.95. The first-order valence-electron chi connectivity index (χ1n) is 4.35. The first-order valence-corrected chi connectivity index (χ1v) is 4.35. The van der Waals surface area contributed by atoms with Gasteiger partial charge in [0.25, 0.3) is 0 Å². The Morgan fingerprint density at radius 3 is 2.46 bits per heavy atom. The zero-order chi connectivity index (χ0) is 8.93. The summed E-state index contributed by atoms with van der Waals surface area (Å²) in [7, 11) is 0. The second-order valence-electron chi connectivity index (χ2n) is 2.82. The average molecular weight is 176 g/mol. The van der Waals surface area contributed by atoms with Crippen LogP contribution in [-0.4, -0.2) is 13.1 Å². The summed E-state index contributed by atoms with van der Waals surface area (Å²) in [5, 5.41) is 6.30. The number of rotatable bonds is 2. The van der Waals surface area contributed by atoms with Crippen LogP contribution in [0.1, 0.15) is 0 Å². The van der Waals surface area contributed by atoms with Gasteiger partial charge in [0, 0.05) is 13.1 Å². The lowest BCUT2D eigenvalue weighted by atomic mass is 10.3. The minimum absolute atomic E-state index is 0.852. The number of benzene rings is 1. The Labute approximate surface area is 77.4 Å². The van der Waals surface area contributed by atoms with E-state index in [-0.39, 0.29) is 0 Å². The van der Waals surface area contributed by atoms with Gasteiger partial charge in [0.1, 0.15) is 17.8 Å². The lowest BCUT2D eigenvalue weighted by Gasteiger charge is -2.01. The normalized spacial score (nSPS) is 14.6. The standard InChI is InChI=1S/C10H12N2O/c1-2-4-9(5-3-1)13-8-10-11-6-7-12-10/h1-5,8,11-12H,6-7H2. The van der Waals surface area contributed by atoms with Crippen molar-refractivity contribution in [2.75, 3.05) is 13.1 Å². The third kappa shape index (κ3) is 2.15. The number of hydrogen-bond donors (Lipinski definition) is 2. The quantitative estimate of drug-likeness (QED) is 0.661. The largest absolute Gasteiger partial charge is 0.461 e. The topological polar surface area (TPSA) is 33.3 Å². The maximum Gasteiger partial charge on any atom is 0.135 e. The van der Waals surface area contributed by atoms with Gasteiger partial charge in [0.2, 0.25) is 0 Å². The lowest BCUT2D eigenvalue weighted by Crippen LogP contribution is -2.10. The zero-order valence-electron chi connectivity index (χ0n) is 7.29. The van der Waals surface area contributed by atoms with Gasteiger partial charge in [0.05, 0.1) is 0 Å². The molecule has 1 aromatic rings. The van der Waals surface area contributed by atoms with Crippen molar-refractivity contribution in [1.82, 2.24) is 10.6 Å². The van der Waals surface area contributed by atoms with Gasteiger partial charge in [-0.2, -0.15) is 0 Å². The smallest absolute Gasteiger partial charge is 0.135 e. The van der Waals surface area contributed by atoms with E-state index >= 15 is 0 Å². The number of hydrogen-bond acceptors (Lipinski definition) is 3. The summed E-state index contributed by atoms with van der Waals surface area (Å²) in [4.78, 5) is 0. The molecule has 2 rings (SSSR count). The summed E-state index contributed by atoms with van der Waals surface area (Å²) in [5.41, 5.74) is 0. The molecule has 0 aliphatic carbocycles. The Morgan fingerprint density at radius 2 is 1.77 bits per heavy atom. The van der Waals surface area contributed by atoms with Crippen molar-refractivity contribution in [2.24, 2.45) is 0 Å². The molecule has 1 heterocycles. The van der Waals surface area contributed by atoms with Crippen LogP contribution in [0.4, 0.5) is 0 Å². The Kier molecular flexibility index (Phi) is 2.36. The predicted molar refractivity (Wildman–Crippen MR) is 51.2 cm³/mol. The van der Waals surface area contributed by atoms with E-state index in [1.54, 1.807) is 6.26 Å². The Bertz CT molecular complexity index is 287. The van der Waals surface area contributed by atoms with E-state index in [2.05, 4.69) is 10.6 Å². The van der Waals surface area contributed by atoms with Gasteiger partial charge in [-0.25, -0.2) is 0 Å². The van der Waals surface area contributed by atoms with E-state index in [1.165, 1.54) is 0 Å². The molecule has 13 heavy (non-hydrogen) atoms. The van der Waals surface area contributed by atoms with Crippen LogP contribution in [-0.2, 0) is 0 Å². The molecule has 0 aromatic heterocycles. The van der Waals surface area contributed by atoms with E-state index in [0.717, 1.165) is 24.7 Å². The molecule has 1 aliphatic rings. The molecule has 3 heteroatoms. The summed E-state index contributed by atoms with van der Waals surface area (Å²) in [6.45, 7) is 1.92. The van der Waals surface area contributed by atoms with Gasteiger partial charge >= 0.3 is 0 Å². The van der Waals surface area contributed by atoms with Crippen LogP contribution in [0, 0.1) is 0 Å². The molecule has 1 fully saturated rings. The van der Waals surface area contributed by atoms with E-state index in [1.807, 2.05) is 30.3 Å². The van der Waals surface area contributed by atoms with Crippen molar-refractivity contribution in [2.45, 2.75) is 0 Å². The highest BCUT2D eigenvalue weighted by molar-refractivity contribution is 5.22. The molecule has 0 atom stereocenters. The first kappa shape index (κ1) is 7.98. The summed E-state index contributed by atoms with van der Waals surface area (Å²) in [6.07, 6.45) is 1.70. The molecule has 2 N–H and O–H groups in total. The van der Waals surface area contributed by atoms with Crippen molar-refractivity contribution < 1.29 is 4.74 Å². The average Bonchev–Trinajstić information content (AvgIpc) is 2.69. The molecule has 0 saturated carbocycles.